The zero-order valence-corrected chi connectivity index (χ0v) is 13.4. The second kappa shape index (κ2) is 5.46. The van der Waals surface area contributed by atoms with Crippen LogP contribution in [0.2, 0.25) is 0 Å². The first-order valence-electron chi connectivity index (χ1n) is 8.12. The van der Waals surface area contributed by atoms with Gasteiger partial charge in [-0.1, -0.05) is 20.8 Å². The van der Waals surface area contributed by atoms with Crippen molar-refractivity contribution in [3.63, 3.8) is 0 Å². The molecule has 0 spiro atoms. The standard InChI is InChI=1S/C17H26N4/c1-17(2,3)14-5-4-13(11-18)15(10-14)21-9-8-20-7-6-19-16(20)12-21/h6-7,13-15H,4-5,8-10,12H2,1-3H3. The molecule has 114 valence electrons. The molecule has 0 aromatic carbocycles. The molecule has 1 aromatic heterocycles. The van der Waals surface area contributed by atoms with Gasteiger partial charge in [-0.15, -0.1) is 0 Å². The van der Waals surface area contributed by atoms with E-state index in [-0.39, 0.29) is 5.92 Å². The van der Waals surface area contributed by atoms with Gasteiger partial charge in [0.2, 0.25) is 0 Å². The average Bonchev–Trinajstić information content (AvgIpc) is 2.93. The average molecular weight is 286 g/mol. The molecule has 0 bridgehead atoms. The van der Waals surface area contributed by atoms with Crippen molar-refractivity contribution in [2.75, 3.05) is 6.54 Å². The van der Waals surface area contributed by atoms with Gasteiger partial charge in [-0.05, 0) is 30.6 Å². The van der Waals surface area contributed by atoms with E-state index >= 15 is 0 Å². The van der Waals surface area contributed by atoms with Crippen LogP contribution in [0.4, 0.5) is 0 Å². The first kappa shape index (κ1) is 14.6. The first-order valence-corrected chi connectivity index (χ1v) is 8.12. The van der Waals surface area contributed by atoms with Crippen molar-refractivity contribution in [3.8, 4) is 6.07 Å². The Balaban J connectivity index is 1.77. The van der Waals surface area contributed by atoms with Gasteiger partial charge >= 0.3 is 0 Å². The maximum Gasteiger partial charge on any atom is 0.122 e. The molecule has 1 fully saturated rings. The van der Waals surface area contributed by atoms with Gasteiger partial charge in [-0.25, -0.2) is 4.98 Å². The molecule has 3 unspecified atom stereocenters. The monoisotopic (exact) mass is 286 g/mol. The summed E-state index contributed by atoms with van der Waals surface area (Å²) in [7, 11) is 0. The summed E-state index contributed by atoms with van der Waals surface area (Å²) >= 11 is 0. The lowest BCUT2D eigenvalue weighted by Crippen LogP contribution is -2.48. The van der Waals surface area contributed by atoms with Gasteiger partial charge in [0.05, 0.1) is 18.5 Å². The highest BCUT2D eigenvalue weighted by Crippen LogP contribution is 2.42. The van der Waals surface area contributed by atoms with Crippen LogP contribution in [-0.4, -0.2) is 27.0 Å². The van der Waals surface area contributed by atoms with Gasteiger partial charge < -0.3 is 4.57 Å². The number of rotatable bonds is 1. The number of hydrogen-bond donors (Lipinski definition) is 0. The Labute approximate surface area is 127 Å². The summed E-state index contributed by atoms with van der Waals surface area (Å²) in [5, 5.41) is 9.54. The highest BCUT2D eigenvalue weighted by Gasteiger charge is 2.39. The predicted molar refractivity (Wildman–Crippen MR) is 82.3 cm³/mol. The van der Waals surface area contributed by atoms with E-state index in [2.05, 4.69) is 47.5 Å². The van der Waals surface area contributed by atoms with E-state index < -0.39 is 0 Å². The van der Waals surface area contributed by atoms with Gasteiger partial charge in [-0.2, -0.15) is 5.26 Å². The van der Waals surface area contributed by atoms with Crippen LogP contribution in [0.3, 0.4) is 0 Å². The van der Waals surface area contributed by atoms with Crippen LogP contribution in [0.1, 0.15) is 45.9 Å². The van der Waals surface area contributed by atoms with Crippen molar-refractivity contribution < 1.29 is 0 Å². The molecular weight excluding hydrogens is 260 g/mol. The largest absolute Gasteiger partial charge is 0.333 e. The fraction of sp³-hybridized carbons (Fsp3) is 0.765. The minimum absolute atomic E-state index is 0.185. The second-order valence-corrected chi connectivity index (χ2v) is 7.69. The normalized spacial score (nSPS) is 30.7. The van der Waals surface area contributed by atoms with E-state index in [0.29, 0.717) is 17.4 Å². The Morgan fingerprint density at radius 2 is 2.10 bits per heavy atom. The van der Waals surface area contributed by atoms with Crippen LogP contribution in [0.5, 0.6) is 0 Å². The molecular formula is C17H26N4. The summed E-state index contributed by atoms with van der Waals surface area (Å²) < 4.78 is 2.24. The molecule has 0 radical (unpaired) electrons. The zero-order chi connectivity index (χ0) is 15.0. The number of imidazole rings is 1. The highest BCUT2D eigenvalue weighted by atomic mass is 15.3. The fourth-order valence-corrected chi connectivity index (χ4v) is 3.96. The van der Waals surface area contributed by atoms with Gasteiger partial charge in [0.25, 0.3) is 0 Å². The molecule has 2 aliphatic rings. The molecule has 0 saturated heterocycles. The summed E-state index contributed by atoms with van der Waals surface area (Å²) in [6.45, 7) is 9.96. The molecule has 2 heterocycles. The lowest BCUT2D eigenvalue weighted by atomic mass is 9.67. The van der Waals surface area contributed by atoms with Crippen molar-refractivity contribution in [1.82, 2.24) is 14.5 Å². The summed E-state index contributed by atoms with van der Waals surface area (Å²) in [5.74, 6) is 2.05. The van der Waals surface area contributed by atoms with Crippen LogP contribution in [0, 0.1) is 28.6 Å². The lowest BCUT2D eigenvalue weighted by Gasteiger charge is -2.45. The van der Waals surface area contributed by atoms with Crippen LogP contribution >= 0.6 is 0 Å². The fourth-order valence-electron chi connectivity index (χ4n) is 3.96. The van der Waals surface area contributed by atoms with Crippen molar-refractivity contribution in [3.05, 3.63) is 18.2 Å². The third-order valence-electron chi connectivity index (χ3n) is 5.45. The Morgan fingerprint density at radius 3 is 2.81 bits per heavy atom. The molecule has 4 heteroatoms. The van der Waals surface area contributed by atoms with Crippen molar-refractivity contribution >= 4 is 0 Å². The molecule has 1 saturated carbocycles. The first-order chi connectivity index (χ1) is 9.99. The molecule has 0 amide bonds. The lowest BCUT2D eigenvalue weighted by molar-refractivity contribution is 0.0437. The van der Waals surface area contributed by atoms with Crippen molar-refractivity contribution in [2.45, 2.75) is 59.2 Å². The van der Waals surface area contributed by atoms with E-state index in [1.165, 1.54) is 6.42 Å². The van der Waals surface area contributed by atoms with E-state index in [4.69, 9.17) is 0 Å². The third-order valence-corrected chi connectivity index (χ3v) is 5.45. The van der Waals surface area contributed by atoms with Crippen LogP contribution in [0.15, 0.2) is 12.4 Å². The Hall–Kier alpha value is -1.34. The van der Waals surface area contributed by atoms with Gasteiger partial charge in [0.1, 0.15) is 5.82 Å². The summed E-state index contributed by atoms with van der Waals surface area (Å²) in [6.07, 6.45) is 7.35. The van der Waals surface area contributed by atoms with Crippen LogP contribution in [0.25, 0.3) is 0 Å². The molecule has 1 aromatic rings. The van der Waals surface area contributed by atoms with Crippen molar-refractivity contribution in [1.29, 1.82) is 5.26 Å². The SMILES string of the molecule is CC(C)(C)C1CCC(C#N)C(N2CCn3ccnc3C2)C1. The minimum Gasteiger partial charge on any atom is -0.333 e. The maximum atomic E-state index is 9.54. The molecule has 0 N–H and O–H groups in total. The van der Waals surface area contributed by atoms with Gasteiger partial charge in [0, 0.05) is 31.5 Å². The number of nitrogens with zero attached hydrogens (tertiary/aromatic N) is 4. The minimum atomic E-state index is 0.185. The quantitative estimate of drug-likeness (QED) is 0.797. The molecule has 1 aliphatic carbocycles. The third kappa shape index (κ3) is 2.85. The maximum absolute atomic E-state index is 9.54. The predicted octanol–water partition coefficient (Wildman–Crippen LogP) is 3.05. The molecule has 4 nitrogen and oxygen atoms in total. The zero-order valence-electron chi connectivity index (χ0n) is 13.4. The number of nitriles is 1. The Morgan fingerprint density at radius 1 is 1.29 bits per heavy atom. The van der Waals surface area contributed by atoms with Crippen LogP contribution < -0.4 is 0 Å². The molecule has 3 rings (SSSR count). The summed E-state index contributed by atoms with van der Waals surface area (Å²) in [6, 6.07) is 2.97. The van der Waals surface area contributed by atoms with E-state index in [1.54, 1.807) is 0 Å². The van der Waals surface area contributed by atoms with Crippen LogP contribution in [-0.2, 0) is 13.1 Å². The number of hydrogen-bond acceptors (Lipinski definition) is 3. The van der Waals surface area contributed by atoms with E-state index in [0.717, 1.165) is 38.3 Å². The van der Waals surface area contributed by atoms with Crippen molar-refractivity contribution in [2.24, 2.45) is 17.3 Å². The molecule has 3 atom stereocenters. The van der Waals surface area contributed by atoms with E-state index in [9.17, 15) is 5.26 Å². The number of aromatic nitrogens is 2. The Bertz CT molecular complexity index is 534. The van der Waals surface area contributed by atoms with E-state index in [1.807, 2.05) is 6.20 Å². The molecule has 1 aliphatic heterocycles. The Kier molecular flexibility index (Phi) is 3.79. The van der Waals surface area contributed by atoms with Gasteiger partial charge in [-0.3, -0.25) is 4.90 Å². The smallest absolute Gasteiger partial charge is 0.122 e. The highest BCUT2D eigenvalue weighted by molar-refractivity contribution is 5.03. The van der Waals surface area contributed by atoms with Gasteiger partial charge in [0.15, 0.2) is 0 Å². The summed E-state index contributed by atoms with van der Waals surface area (Å²) in [4.78, 5) is 6.97. The molecule has 21 heavy (non-hydrogen) atoms. The topological polar surface area (TPSA) is 44.9 Å². The second-order valence-electron chi connectivity index (χ2n) is 7.69. The number of fused-ring (bicyclic) bond motifs is 1. The summed E-state index contributed by atoms with van der Waals surface area (Å²) in [5.41, 5.74) is 0.340.